The van der Waals surface area contributed by atoms with Crippen molar-refractivity contribution in [2.75, 3.05) is 6.54 Å². The van der Waals surface area contributed by atoms with Crippen LogP contribution in [0.2, 0.25) is 0 Å². The summed E-state index contributed by atoms with van der Waals surface area (Å²) < 4.78 is 0. The Labute approximate surface area is 380 Å². The molecule has 0 aliphatic rings. The number of hydrogen-bond donors (Lipinski definition) is 11. The normalized spacial score (nSPS) is 14.3. The van der Waals surface area contributed by atoms with Gasteiger partial charge in [-0.05, 0) is 66.3 Å². The maximum absolute atomic E-state index is 14.8. The van der Waals surface area contributed by atoms with E-state index in [1.165, 1.54) is 0 Å². The number of fused-ring (bicyclic) bond motifs is 2. The molecule has 0 saturated carbocycles. The number of primary amides is 1. The fraction of sp³-hybridized carbons (Fsp3) is 0.417. The Bertz CT molecular complexity index is 2390. The molecule has 65 heavy (non-hydrogen) atoms. The Hall–Kier alpha value is -6.72. The summed E-state index contributed by atoms with van der Waals surface area (Å²) in [4.78, 5) is 80.4. The number of nitrogens with two attached hydrogens (primary N) is 4. The minimum absolute atomic E-state index is 0.0604. The highest BCUT2D eigenvalue weighted by atomic mass is 16.2. The van der Waals surface area contributed by atoms with Crippen molar-refractivity contribution >= 4 is 57.3 Å². The molecular weight excluding hydrogens is 825 g/mol. The molecule has 5 amide bonds. The first kappa shape index (κ1) is 49.3. The second-order valence-corrected chi connectivity index (χ2v) is 17.5. The third kappa shape index (κ3) is 14.9. The number of aromatic amines is 2. The van der Waals surface area contributed by atoms with Crippen LogP contribution in [-0.2, 0) is 43.2 Å². The number of para-hydroxylation sites is 2. The molecule has 2 heterocycles. The lowest BCUT2D eigenvalue weighted by Crippen LogP contribution is -2.61. The van der Waals surface area contributed by atoms with E-state index in [-0.39, 0.29) is 50.0 Å². The van der Waals surface area contributed by atoms with Gasteiger partial charge in [-0.2, -0.15) is 0 Å². The van der Waals surface area contributed by atoms with Gasteiger partial charge >= 0.3 is 0 Å². The maximum Gasteiger partial charge on any atom is 0.244 e. The summed E-state index contributed by atoms with van der Waals surface area (Å²) >= 11 is 0. The Balaban J connectivity index is 1.45. The monoisotopic (exact) mass is 891 g/mol. The molecule has 0 aliphatic heterocycles. The molecule has 5 aromatic rings. The molecule has 3 aromatic carbocycles. The van der Waals surface area contributed by atoms with E-state index in [1.807, 2.05) is 107 Å². The van der Waals surface area contributed by atoms with Crippen molar-refractivity contribution in [1.82, 2.24) is 36.6 Å². The van der Waals surface area contributed by atoms with E-state index in [2.05, 4.69) is 41.5 Å². The number of guanidine groups is 1. The molecule has 0 bridgehead atoms. The van der Waals surface area contributed by atoms with E-state index in [9.17, 15) is 24.0 Å². The largest absolute Gasteiger partial charge is 0.370 e. The number of carbonyl (C=O) groups is 5. The van der Waals surface area contributed by atoms with E-state index >= 15 is 0 Å². The van der Waals surface area contributed by atoms with Crippen LogP contribution in [0.4, 0.5) is 0 Å². The van der Waals surface area contributed by atoms with Crippen LogP contribution in [-0.4, -0.2) is 88.4 Å². The summed E-state index contributed by atoms with van der Waals surface area (Å²) in [6, 6.07) is 19.2. The van der Waals surface area contributed by atoms with Crippen LogP contribution in [0, 0.1) is 11.8 Å². The number of amides is 5. The minimum atomic E-state index is -1.20. The fourth-order valence-electron chi connectivity index (χ4n) is 7.89. The van der Waals surface area contributed by atoms with Gasteiger partial charge in [-0.25, -0.2) is 0 Å². The van der Waals surface area contributed by atoms with E-state index in [0.29, 0.717) is 19.3 Å². The minimum Gasteiger partial charge on any atom is -0.370 e. The first-order valence-electron chi connectivity index (χ1n) is 22.3. The smallest absolute Gasteiger partial charge is 0.244 e. The summed E-state index contributed by atoms with van der Waals surface area (Å²) in [5, 5.41) is 16.8. The number of nitrogens with zero attached hydrogens (tertiary/aromatic N) is 1. The van der Waals surface area contributed by atoms with Gasteiger partial charge in [0.15, 0.2) is 5.96 Å². The zero-order valence-electron chi connectivity index (χ0n) is 37.7. The second kappa shape index (κ2) is 23.8. The lowest BCUT2D eigenvalue weighted by Gasteiger charge is -2.30. The lowest BCUT2D eigenvalue weighted by molar-refractivity contribution is -0.134. The molecule has 348 valence electrons. The van der Waals surface area contributed by atoms with Crippen LogP contribution in [0.15, 0.2) is 96.2 Å². The SMILES string of the molecule is CC(C)C[C@@H](NC(=O)[C@@H](Cc1c[nH]c2ccccc12)NC(=O)[C@H](Cc1ccccc1)NC(=O)[C@@H](Cc1c[nH]c2ccccc12)NC(=O)[C@H](N)CCCN=C(N)N)N[C@@H](CC(C)C)C(N)=O. The van der Waals surface area contributed by atoms with Gasteiger partial charge in [0.1, 0.15) is 18.1 Å². The zero-order valence-corrected chi connectivity index (χ0v) is 37.7. The number of carbonyl (C=O) groups excluding carboxylic acids is 5. The van der Waals surface area contributed by atoms with Crippen LogP contribution >= 0.6 is 0 Å². The number of nitrogens with one attached hydrogen (secondary N) is 7. The van der Waals surface area contributed by atoms with Crippen molar-refractivity contribution in [3.8, 4) is 0 Å². The molecule has 0 spiro atoms. The average Bonchev–Trinajstić information content (AvgIpc) is 3.87. The van der Waals surface area contributed by atoms with Crippen molar-refractivity contribution in [2.45, 2.75) is 109 Å². The average molecular weight is 891 g/mol. The molecule has 17 heteroatoms. The topological polar surface area (TPSA) is 294 Å². The second-order valence-electron chi connectivity index (χ2n) is 17.5. The van der Waals surface area contributed by atoms with Gasteiger partial charge in [0.2, 0.25) is 29.5 Å². The molecule has 15 N–H and O–H groups in total. The Kier molecular flexibility index (Phi) is 18.1. The number of aliphatic imine (C=N–C) groups is 1. The first-order valence-corrected chi connectivity index (χ1v) is 22.3. The lowest BCUT2D eigenvalue weighted by atomic mass is 9.99. The standard InChI is InChI=1S/C48H66N12O5/c1-28(2)21-38(43(50)61)56-42(22-29(3)4)60-47(65)41(25-32-27-55-37-19-11-9-16-34(32)37)59-45(63)39(23-30-13-6-5-7-14-30)58-46(64)40(24-31-26-54-36-18-10-8-15-33(31)36)57-44(62)35(49)17-12-20-53-48(51)52/h5-11,13-16,18-19,26-29,35,38-42,54-56H,12,17,20-25,49H2,1-4H3,(H2,50,61)(H,57,62)(H,58,64)(H,59,63)(H,60,65)(H4,51,52,53)/t35-,38+,39+,40-,41-,42-/m1/s1. The summed E-state index contributed by atoms with van der Waals surface area (Å²) in [5.74, 6) is -2.66. The summed E-state index contributed by atoms with van der Waals surface area (Å²) in [6.45, 7) is 8.25. The van der Waals surface area contributed by atoms with Crippen molar-refractivity contribution < 1.29 is 24.0 Å². The van der Waals surface area contributed by atoms with E-state index in [1.54, 1.807) is 12.4 Å². The van der Waals surface area contributed by atoms with Gasteiger partial charge in [0.25, 0.3) is 0 Å². The summed E-state index contributed by atoms with van der Waals surface area (Å²) in [7, 11) is 0. The van der Waals surface area contributed by atoms with Gasteiger partial charge in [-0.1, -0.05) is 94.4 Å². The molecule has 0 unspecified atom stereocenters. The highest BCUT2D eigenvalue weighted by molar-refractivity contribution is 5.96. The highest BCUT2D eigenvalue weighted by Gasteiger charge is 2.33. The molecule has 6 atom stereocenters. The number of rotatable bonds is 25. The molecule has 5 rings (SSSR count). The molecular formula is C48H66N12O5. The number of H-pyrrole nitrogens is 2. The van der Waals surface area contributed by atoms with Crippen molar-refractivity contribution in [3.05, 3.63) is 108 Å². The molecule has 0 saturated heterocycles. The van der Waals surface area contributed by atoms with Gasteiger partial charge in [0.05, 0.1) is 18.2 Å². The van der Waals surface area contributed by atoms with E-state index in [0.717, 1.165) is 38.5 Å². The molecule has 0 radical (unpaired) electrons. The fourth-order valence-corrected chi connectivity index (χ4v) is 7.89. The third-order valence-electron chi connectivity index (χ3n) is 11.2. The van der Waals surface area contributed by atoms with E-state index in [4.69, 9.17) is 22.9 Å². The molecule has 2 aromatic heterocycles. The summed E-state index contributed by atoms with van der Waals surface area (Å²) in [5.41, 5.74) is 27.0. The third-order valence-corrected chi connectivity index (χ3v) is 11.2. The van der Waals surface area contributed by atoms with Gasteiger partial charge in [-0.3, -0.25) is 34.3 Å². The van der Waals surface area contributed by atoms with Crippen LogP contribution in [0.25, 0.3) is 21.8 Å². The number of aromatic nitrogens is 2. The van der Waals surface area contributed by atoms with Crippen LogP contribution in [0.3, 0.4) is 0 Å². The maximum atomic E-state index is 14.8. The van der Waals surface area contributed by atoms with Gasteiger partial charge in [0, 0.05) is 60.0 Å². The van der Waals surface area contributed by atoms with Gasteiger partial charge in [-0.15, -0.1) is 0 Å². The zero-order chi connectivity index (χ0) is 47.0. The number of benzene rings is 3. The quantitative estimate of drug-likeness (QED) is 0.0177. The Morgan fingerprint density at radius 3 is 1.57 bits per heavy atom. The predicted octanol–water partition coefficient (Wildman–Crippen LogP) is 2.49. The Morgan fingerprint density at radius 2 is 1.06 bits per heavy atom. The van der Waals surface area contributed by atoms with Gasteiger partial charge < -0.3 is 54.2 Å². The van der Waals surface area contributed by atoms with Crippen molar-refractivity contribution in [2.24, 2.45) is 39.8 Å². The molecule has 0 aliphatic carbocycles. The molecule has 0 fully saturated rings. The van der Waals surface area contributed by atoms with Crippen LogP contribution < -0.4 is 49.5 Å². The molecule has 17 nitrogen and oxygen atoms in total. The van der Waals surface area contributed by atoms with Crippen LogP contribution in [0.5, 0.6) is 0 Å². The van der Waals surface area contributed by atoms with E-state index < -0.39 is 65.9 Å². The Morgan fingerprint density at radius 1 is 0.585 bits per heavy atom. The number of hydrogen-bond acceptors (Lipinski definition) is 8. The van der Waals surface area contributed by atoms with Crippen molar-refractivity contribution in [1.29, 1.82) is 0 Å². The van der Waals surface area contributed by atoms with Crippen molar-refractivity contribution in [3.63, 3.8) is 0 Å². The highest BCUT2D eigenvalue weighted by Crippen LogP contribution is 2.21. The first-order chi connectivity index (χ1) is 31.1. The predicted molar refractivity (Wildman–Crippen MR) is 255 cm³/mol. The van der Waals surface area contributed by atoms with Crippen LogP contribution in [0.1, 0.15) is 70.1 Å². The summed E-state index contributed by atoms with van der Waals surface area (Å²) in [6.07, 6.45) is 4.75.